The van der Waals surface area contributed by atoms with Crippen LogP contribution in [0.2, 0.25) is 0 Å². The predicted octanol–water partition coefficient (Wildman–Crippen LogP) is 0.877. The van der Waals surface area contributed by atoms with Crippen LogP contribution in [0.3, 0.4) is 0 Å². The summed E-state index contributed by atoms with van der Waals surface area (Å²) in [6.07, 6.45) is 0. The van der Waals surface area contributed by atoms with Crippen LogP contribution in [-0.2, 0) is 0 Å². The summed E-state index contributed by atoms with van der Waals surface area (Å²) in [5.74, 6) is -1.41. The van der Waals surface area contributed by atoms with Crippen molar-refractivity contribution in [2.75, 3.05) is 0 Å². The van der Waals surface area contributed by atoms with Gasteiger partial charge >= 0.3 is 41.4 Å². The van der Waals surface area contributed by atoms with Crippen LogP contribution >= 0.6 is 0 Å². The zero-order valence-corrected chi connectivity index (χ0v) is 6.02. The molecule has 0 spiro atoms. The number of oxazole rings is 1. The molecule has 0 aliphatic rings. The summed E-state index contributed by atoms with van der Waals surface area (Å²) in [5.41, 5.74) is 1.06. The van der Waals surface area contributed by atoms with Crippen molar-refractivity contribution in [2.24, 2.45) is 0 Å². The van der Waals surface area contributed by atoms with Gasteiger partial charge in [0.1, 0.15) is 5.52 Å². The molecule has 2 rings (SSSR count). The van der Waals surface area contributed by atoms with Crippen molar-refractivity contribution in [1.29, 1.82) is 0 Å². The maximum absolute atomic E-state index is 10.4. The number of hydrogen-bond acceptors (Lipinski definition) is 3. The molecule has 0 amide bonds. The number of hydrogen-bond donors (Lipinski definition) is 1. The Morgan fingerprint density at radius 2 is 2.08 bits per heavy atom. The van der Waals surface area contributed by atoms with Gasteiger partial charge < -0.3 is 9.52 Å². The van der Waals surface area contributed by atoms with Gasteiger partial charge in [0.25, 0.3) is 0 Å². The number of benzene rings is 1. The van der Waals surface area contributed by atoms with Gasteiger partial charge in [0.2, 0.25) is 0 Å². The number of carbonyl (C=O) groups is 1. The summed E-state index contributed by atoms with van der Waals surface area (Å²) < 4.78 is 4.92. The van der Waals surface area contributed by atoms with E-state index in [0.29, 0.717) is 11.1 Å². The minimum atomic E-state index is -1.15. The van der Waals surface area contributed by atoms with Crippen molar-refractivity contribution in [3.63, 3.8) is 0 Å². The van der Waals surface area contributed by atoms with Gasteiger partial charge in [-0.25, -0.2) is 9.78 Å². The van der Waals surface area contributed by atoms with E-state index >= 15 is 0 Å². The molecule has 1 aromatic heterocycles. The molecule has 62 valence electrons. The van der Waals surface area contributed by atoms with E-state index in [1.165, 1.54) is 0 Å². The Balaban J connectivity index is 0.000000845. The van der Waals surface area contributed by atoms with Crippen LogP contribution in [0.4, 0.5) is 0 Å². The summed E-state index contributed by atoms with van der Waals surface area (Å²) in [5, 5.41) is 8.53. The van der Waals surface area contributed by atoms with E-state index < -0.39 is 5.97 Å². The number of carboxylic acid groups (broad SMARTS) is 1. The van der Waals surface area contributed by atoms with Crippen molar-refractivity contribution in [3.8, 4) is 0 Å². The first kappa shape index (κ1) is 10.2. The van der Waals surface area contributed by atoms with Crippen molar-refractivity contribution in [3.05, 3.63) is 30.2 Å². The second-order valence-electron chi connectivity index (χ2n) is 2.29. The molecule has 0 bridgehead atoms. The molecule has 1 heterocycles. The molecule has 1 aromatic carbocycles. The fourth-order valence-electron chi connectivity index (χ4n) is 0.964. The van der Waals surface area contributed by atoms with E-state index in [4.69, 9.17) is 9.52 Å². The number of aromatic carboxylic acids is 1. The standard InChI is InChI=1S/C8H5NO3.Na.H/c10-8(11)7-9-5-3-1-2-4-6(5)12-7;;/h1-4H,(H,10,11);;. The van der Waals surface area contributed by atoms with E-state index in [9.17, 15) is 4.79 Å². The Morgan fingerprint density at radius 1 is 1.38 bits per heavy atom. The molecule has 0 atom stereocenters. The monoisotopic (exact) mass is 187 g/mol. The Hall–Kier alpha value is -0.840. The summed E-state index contributed by atoms with van der Waals surface area (Å²) in [4.78, 5) is 14.2. The molecule has 4 nitrogen and oxygen atoms in total. The molecule has 0 saturated heterocycles. The van der Waals surface area contributed by atoms with E-state index in [1.54, 1.807) is 24.3 Å². The third-order valence-electron chi connectivity index (χ3n) is 1.48. The Labute approximate surface area is 95.9 Å². The summed E-state index contributed by atoms with van der Waals surface area (Å²) >= 11 is 0. The van der Waals surface area contributed by atoms with Crippen LogP contribution in [0.1, 0.15) is 10.7 Å². The molecule has 13 heavy (non-hydrogen) atoms. The van der Waals surface area contributed by atoms with Crippen molar-refractivity contribution in [1.82, 2.24) is 4.98 Å². The minimum absolute atomic E-state index is 0. The number of nitrogens with zero attached hydrogens (tertiary/aromatic N) is 1. The van der Waals surface area contributed by atoms with Gasteiger partial charge in [0, 0.05) is 0 Å². The van der Waals surface area contributed by atoms with Gasteiger partial charge in [-0.1, -0.05) is 12.1 Å². The van der Waals surface area contributed by atoms with Crippen LogP contribution in [0, 0.1) is 0 Å². The molecule has 0 radical (unpaired) electrons. The van der Waals surface area contributed by atoms with Gasteiger partial charge in [-0.2, -0.15) is 0 Å². The Morgan fingerprint density at radius 3 is 2.69 bits per heavy atom. The van der Waals surface area contributed by atoms with Crippen molar-refractivity contribution >= 4 is 46.6 Å². The van der Waals surface area contributed by atoms with Crippen LogP contribution in [0.15, 0.2) is 28.7 Å². The van der Waals surface area contributed by atoms with Crippen LogP contribution in [0.5, 0.6) is 0 Å². The van der Waals surface area contributed by atoms with E-state index in [1.807, 2.05) is 0 Å². The fourth-order valence-corrected chi connectivity index (χ4v) is 0.964. The number of aromatic nitrogens is 1. The van der Waals surface area contributed by atoms with Crippen molar-refractivity contribution < 1.29 is 14.3 Å². The Kier molecular flexibility index (Phi) is 3.08. The molecule has 0 fully saturated rings. The molecule has 0 saturated carbocycles. The number of carboxylic acids is 1. The summed E-state index contributed by atoms with van der Waals surface area (Å²) in [6.45, 7) is 0. The summed E-state index contributed by atoms with van der Waals surface area (Å²) in [6, 6.07) is 6.91. The van der Waals surface area contributed by atoms with E-state index in [0.717, 1.165) is 0 Å². The second-order valence-corrected chi connectivity index (χ2v) is 2.29. The third kappa shape index (κ3) is 1.91. The summed E-state index contributed by atoms with van der Waals surface area (Å²) in [7, 11) is 0. The van der Waals surface area contributed by atoms with Gasteiger partial charge in [-0.15, -0.1) is 0 Å². The maximum atomic E-state index is 10.4. The van der Waals surface area contributed by atoms with E-state index in [2.05, 4.69) is 4.98 Å². The third-order valence-corrected chi connectivity index (χ3v) is 1.48. The van der Waals surface area contributed by atoms with Crippen LogP contribution in [-0.4, -0.2) is 45.6 Å². The normalized spacial score (nSPS) is 9.54. The quantitative estimate of drug-likeness (QED) is 0.673. The molecule has 1 N–H and O–H groups in total. The average molecular weight is 187 g/mol. The average Bonchev–Trinajstić information content (AvgIpc) is 2.46. The van der Waals surface area contributed by atoms with Gasteiger partial charge in [0.15, 0.2) is 5.58 Å². The fraction of sp³-hybridized carbons (Fsp3) is 0. The molecular formula is C8H6NNaO3. The number of fused-ring (bicyclic) bond motifs is 1. The Bertz CT molecular complexity index is 405. The first-order chi connectivity index (χ1) is 5.77. The number of para-hydroxylation sites is 2. The zero-order chi connectivity index (χ0) is 8.55. The van der Waals surface area contributed by atoms with Gasteiger partial charge in [-0.05, 0) is 12.1 Å². The predicted molar refractivity (Wildman–Crippen MR) is 48.1 cm³/mol. The van der Waals surface area contributed by atoms with Gasteiger partial charge in [-0.3, -0.25) is 0 Å². The van der Waals surface area contributed by atoms with E-state index in [-0.39, 0.29) is 35.4 Å². The molecule has 0 aliphatic carbocycles. The van der Waals surface area contributed by atoms with Crippen molar-refractivity contribution in [2.45, 2.75) is 0 Å². The molecule has 0 unspecified atom stereocenters. The molecular weight excluding hydrogens is 181 g/mol. The van der Waals surface area contributed by atoms with Crippen LogP contribution < -0.4 is 0 Å². The molecule has 0 aliphatic heterocycles. The number of rotatable bonds is 1. The molecule has 5 heteroatoms. The topological polar surface area (TPSA) is 63.3 Å². The SMILES string of the molecule is O=C(O)c1nc2ccccc2o1.[NaH]. The zero-order valence-electron chi connectivity index (χ0n) is 6.02. The van der Waals surface area contributed by atoms with Gasteiger partial charge in [0.05, 0.1) is 0 Å². The second kappa shape index (κ2) is 3.91. The first-order valence-electron chi connectivity index (χ1n) is 3.36. The van der Waals surface area contributed by atoms with Crippen LogP contribution in [0.25, 0.3) is 11.1 Å². The first-order valence-corrected chi connectivity index (χ1v) is 3.36. The molecule has 2 aromatic rings.